The molecule has 1 fully saturated rings. The van der Waals surface area contributed by atoms with E-state index in [1.54, 1.807) is 11.3 Å². The van der Waals surface area contributed by atoms with Crippen LogP contribution in [-0.2, 0) is 9.84 Å². The van der Waals surface area contributed by atoms with E-state index in [0.717, 1.165) is 17.1 Å². The molecule has 1 aromatic rings. The van der Waals surface area contributed by atoms with Crippen molar-refractivity contribution < 1.29 is 8.42 Å². The van der Waals surface area contributed by atoms with Gasteiger partial charge in [-0.25, -0.2) is 13.4 Å². The molecule has 0 aromatic carbocycles. The van der Waals surface area contributed by atoms with Crippen molar-refractivity contribution in [1.82, 2.24) is 4.98 Å². The summed E-state index contributed by atoms with van der Waals surface area (Å²) in [6.45, 7) is 1.93. The Morgan fingerprint density at radius 3 is 2.85 bits per heavy atom. The second kappa shape index (κ2) is 3.06. The molecule has 0 amide bonds. The van der Waals surface area contributed by atoms with Crippen molar-refractivity contribution >= 4 is 21.2 Å². The van der Waals surface area contributed by atoms with Crippen molar-refractivity contribution in [3.8, 4) is 0 Å². The maximum absolute atomic E-state index is 11.2. The van der Waals surface area contributed by atoms with Gasteiger partial charge in [0, 0.05) is 17.0 Å². The molecule has 13 heavy (non-hydrogen) atoms. The first-order chi connectivity index (χ1) is 6.07. The number of aromatic nitrogens is 1. The van der Waals surface area contributed by atoms with Crippen LogP contribution in [-0.4, -0.2) is 24.9 Å². The molecule has 5 heteroatoms. The van der Waals surface area contributed by atoms with E-state index in [0.29, 0.717) is 11.5 Å². The number of thiazole rings is 1. The van der Waals surface area contributed by atoms with Gasteiger partial charge in [0.2, 0.25) is 0 Å². The average Bonchev–Trinajstić information content (AvgIpc) is 2.56. The molecule has 0 N–H and O–H groups in total. The fraction of sp³-hybridized carbons (Fsp3) is 0.625. The van der Waals surface area contributed by atoms with Crippen molar-refractivity contribution in [2.24, 2.45) is 0 Å². The summed E-state index contributed by atoms with van der Waals surface area (Å²) in [5.74, 6) is 0.777. The Bertz CT molecular complexity index is 408. The van der Waals surface area contributed by atoms with Crippen LogP contribution in [0.1, 0.15) is 23.0 Å². The maximum atomic E-state index is 11.2. The molecular weight excluding hydrogens is 206 g/mol. The summed E-state index contributed by atoms with van der Waals surface area (Å²) >= 11 is 1.57. The van der Waals surface area contributed by atoms with Crippen molar-refractivity contribution in [2.75, 3.05) is 11.5 Å². The lowest BCUT2D eigenvalue weighted by molar-refractivity contribution is 0.601. The van der Waals surface area contributed by atoms with Crippen LogP contribution in [0.15, 0.2) is 5.38 Å². The molecule has 0 saturated carbocycles. The SMILES string of the molecule is Cc1csc(C2CCS(=O)(=O)C2)n1. The van der Waals surface area contributed by atoms with Gasteiger partial charge in [-0.05, 0) is 13.3 Å². The standard InChI is InChI=1S/C8H11NO2S2/c1-6-4-12-8(9-6)7-2-3-13(10,11)5-7/h4,7H,2-3,5H2,1H3. The lowest BCUT2D eigenvalue weighted by Crippen LogP contribution is -2.03. The van der Waals surface area contributed by atoms with Crippen LogP contribution >= 0.6 is 11.3 Å². The van der Waals surface area contributed by atoms with E-state index >= 15 is 0 Å². The van der Waals surface area contributed by atoms with Crippen LogP contribution < -0.4 is 0 Å². The fourth-order valence-electron chi connectivity index (χ4n) is 1.55. The Balaban J connectivity index is 2.21. The van der Waals surface area contributed by atoms with E-state index in [1.807, 2.05) is 12.3 Å². The van der Waals surface area contributed by atoms with Crippen LogP contribution in [0.2, 0.25) is 0 Å². The summed E-state index contributed by atoms with van der Waals surface area (Å²) in [7, 11) is -2.77. The van der Waals surface area contributed by atoms with Gasteiger partial charge in [-0.15, -0.1) is 11.3 Å². The quantitative estimate of drug-likeness (QED) is 0.713. The Morgan fingerprint density at radius 2 is 2.38 bits per heavy atom. The minimum Gasteiger partial charge on any atom is -0.246 e. The predicted molar refractivity (Wildman–Crippen MR) is 52.9 cm³/mol. The van der Waals surface area contributed by atoms with Crippen LogP contribution in [0.25, 0.3) is 0 Å². The highest BCUT2D eigenvalue weighted by Gasteiger charge is 2.30. The third-order valence-corrected chi connectivity index (χ3v) is 5.11. The number of nitrogens with zero attached hydrogens (tertiary/aromatic N) is 1. The monoisotopic (exact) mass is 217 g/mol. The second-order valence-electron chi connectivity index (χ2n) is 3.43. The lowest BCUT2D eigenvalue weighted by Gasteiger charge is -2.00. The summed E-state index contributed by atoms with van der Waals surface area (Å²) in [6, 6.07) is 0. The molecule has 2 rings (SSSR count). The fourth-order valence-corrected chi connectivity index (χ4v) is 4.34. The van der Waals surface area contributed by atoms with E-state index in [9.17, 15) is 8.42 Å². The lowest BCUT2D eigenvalue weighted by atomic mass is 10.1. The number of rotatable bonds is 1. The molecule has 1 aromatic heterocycles. The molecule has 1 unspecified atom stereocenters. The van der Waals surface area contributed by atoms with Crippen molar-refractivity contribution in [1.29, 1.82) is 0 Å². The normalized spacial score (nSPS) is 26.4. The number of hydrogen-bond acceptors (Lipinski definition) is 4. The van der Waals surface area contributed by atoms with E-state index in [1.165, 1.54) is 0 Å². The predicted octanol–water partition coefficient (Wildman–Crippen LogP) is 1.35. The third-order valence-electron chi connectivity index (χ3n) is 2.22. The summed E-state index contributed by atoms with van der Waals surface area (Å²) in [6.07, 6.45) is 0.745. The highest BCUT2D eigenvalue weighted by molar-refractivity contribution is 7.91. The Kier molecular flexibility index (Phi) is 2.15. The molecule has 1 aliphatic rings. The first kappa shape index (κ1) is 9.15. The number of sulfone groups is 1. The summed E-state index contributed by atoms with van der Waals surface area (Å²) in [5, 5.41) is 2.96. The van der Waals surface area contributed by atoms with Gasteiger partial charge in [-0.2, -0.15) is 0 Å². The molecule has 0 aliphatic carbocycles. The summed E-state index contributed by atoms with van der Waals surface area (Å²) < 4.78 is 22.4. The van der Waals surface area contributed by atoms with Crippen LogP contribution in [0.5, 0.6) is 0 Å². The Hall–Kier alpha value is -0.420. The van der Waals surface area contributed by atoms with Gasteiger partial charge in [-0.1, -0.05) is 0 Å². The molecule has 0 bridgehead atoms. The zero-order valence-corrected chi connectivity index (χ0v) is 8.99. The smallest absolute Gasteiger partial charge is 0.151 e. The van der Waals surface area contributed by atoms with E-state index < -0.39 is 9.84 Å². The zero-order valence-electron chi connectivity index (χ0n) is 7.36. The Labute approximate surface area is 81.7 Å². The molecule has 0 spiro atoms. The van der Waals surface area contributed by atoms with Gasteiger partial charge < -0.3 is 0 Å². The second-order valence-corrected chi connectivity index (χ2v) is 6.55. The average molecular weight is 217 g/mol. The molecule has 0 radical (unpaired) electrons. The number of aryl methyl sites for hydroxylation is 1. The summed E-state index contributed by atoms with van der Waals surface area (Å²) in [4.78, 5) is 4.31. The molecular formula is C8H11NO2S2. The molecule has 2 heterocycles. The van der Waals surface area contributed by atoms with Gasteiger partial charge >= 0.3 is 0 Å². The molecule has 1 saturated heterocycles. The molecule has 72 valence electrons. The highest BCUT2D eigenvalue weighted by Crippen LogP contribution is 2.30. The van der Waals surface area contributed by atoms with Gasteiger partial charge in [0.25, 0.3) is 0 Å². The van der Waals surface area contributed by atoms with Gasteiger partial charge in [-0.3, -0.25) is 0 Å². The van der Waals surface area contributed by atoms with Crippen LogP contribution in [0.3, 0.4) is 0 Å². The maximum Gasteiger partial charge on any atom is 0.151 e. The zero-order chi connectivity index (χ0) is 9.47. The minimum atomic E-state index is -2.77. The van der Waals surface area contributed by atoms with Gasteiger partial charge in [0.15, 0.2) is 9.84 Å². The van der Waals surface area contributed by atoms with Crippen molar-refractivity contribution in [3.63, 3.8) is 0 Å². The molecule has 1 atom stereocenters. The van der Waals surface area contributed by atoms with Crippen molar-refractivity contribution in [3.05, 3.63) is 16.1 Å². The largest absolute Gasteiger partial charge is 0.246 e. The van der Waals surface area contributed by atoms with Crippen molar-refractivity contribution in [2.45, 2.75) is 19.3 Å². The van der Waals surface area contributed by atoms with Gasteiger partial charge in [0.05, 0.1) is 16.5 Å². The van der Waals surface area contributed by atoms with E-state index in [4.69, 9.17) is 0 Å². The minimum absolute atomic E-state index is 0.156. The highest BCUT2D eigenvalue weighted by atomic mass is 32.2. The van der Waals surface area contributed by atoms with E-state index in [-0.39, 0.29) is 5.92 Å². The first-order valence-corrected chi connectivity index (χ1v) is 6.89. The van der Waals surface area contributed by atoms with Gasteiger partial charge in [0.1, 0.15) is 0 Å². The summed E-state index contributed by atoms with van der Waals surface area (Å²) in [5.41, 5.74) is 0.990. The first-order valence-electron chi connectivity index (χ1n) is 4.19. The topological polar surface area (TPSA) is 47.0 Å². The molecule has 1 aliphatic heterocycles. The van der Waals surface area contributed by atoms with E-state index in [2.05, 4.69) is 4.98 Å². The third kappa shape index (κ3) is 1.91. The number of hydrogen-bond donors (Lipinski definition) is 0. The Morgan fingerprint density at radius 1 is 1.62 bits per heavy atom. The van der Waals surface area contributed by atoms with Crippen LogP contribution in [0.4, 0.5) is 0 Å². The van der Waals surface area contributed by atoms with Crippen LogP contribution in [0, 0.1) is 6.92 Å². The molecule has 3 nitrogen and oxygen atoms in total.